The summed E-state index contributed by atoms with van der Waals surface area (Å²) in [5.74, 6) is -0.854. The zero-order valence-corrected chi connectivity index (χ0v) is 42.6. The SMILES string of the molecule is CCCCCC/C=C\CCCCCCCC(=O)OC[C@H](COC(=O)CCCCCCCCCCCCCCCCCCCCC)OC(=O)CCCCCCCCCCCCCCC. The standard InChI is InChI=1S/C57H108O6/c1-4-7-10-13-16-19-22-25-26-27-28-29-30-33-35-38-41-44-47-50-56(59)62-53-54(63-57(60)51-48-45-42-39-36-32-24-21-18-15-12-9-6-3)52-61-55(58)49-46-43-40-37-34-31-23-20-17-14-11-8-5-2/h20,23,54H,4-19,21-22,24-53H2,1-3H3/b23-20-/t54-/m1/s1. The van der Waals surface area contributed by atoms with Crippen molar-refractivity contribution in [3.05, 3.63) is 12.2 Å². The van der Waals surface area contributed by atoms with Crippen molar-refractivity contribution in [1.82, 2.24) is 0 Å². The number of rotatable bonds is 52. The third kappa shape index (κ3) is 51.0. The summed E-state index contributed by atoms with van der Waals surface area (Å²) in [7, 11) is 0. The lowest BCUT2D eigenvalue weighted by Crippen LogP contribution is -2.30. The van der Waals surface area contributed by atoms with Crippen molar-refractivity contribution in [2.75, 3.05) is 13.2 Å². The Morgan fingerprint density at radius 2 is 0.524 bits per heavy atom. The number of allylic oxidation sites excluding steroid dienone is 2. The molecule has 0 aromatic heterocycles. The molecule has 0 saturated heterocycles. The van der Waals surface area contributed by atoms with Gasteiger partial charge >= 0.3 is 17.9 Å². The minimum atomic E-state index is -0.767. The number of hydrogen-bond donors (Lipinski definition) is 0. The molecule has 0 saturated carbocycles. The Morgan fingerprint density at radius 1 is 0.302 bits per heavy atom. The molecule has 0 aliphatic heterocycles. The van der Waals surface area contributed by atoms with Gasteiger partial charge in [0.25, 0.3) is 0 Å². The quantitative estimate of drug-likeness (QED) is 0.0262. The van der Waals surface area contributed by atoms with Gasteiger partial charge < -0.3 is 14.2 Å². The van der Waals surface area contributed by atoms with E-state index in [0.29, 0.717) is 19.3 Å². The van der Waals surface area contributed by atoms with E-state index in [2.05, 4.69) is 32.9 Å². The van der Waals surface area contributed by atoms with Crippen molar-refractivity contribution < 1.29 is 28.6 Å². The van der Waals surface area contributed by atoms with E-state index >= 15 is 0 Å². The lowest BCUT2D eigenvalue weighted by Gasteiger charge is -2.18. The van der Waals surface area contributed by atoms with E-state index in [-0.39, 0.29) is 31.1 Å². The molecular weight excluding hydrogens is 781 g/mol. The molecule has 6 nitrogen and oxygen atoms in total. The Kier molecular flexibility index (Phi) is 51.2. The summed E-state index contributed by atoms with van der Waals surface area (Å²) >= 11 is 0. The predicted octanol–water partition coefficient (Wildman–Crippen LogP) is 18.5. The van der Waals surface area contributed by atoms with Crippen LogP contribution in [0.25, 0.3) is 0 Å². The van der Waals surface area contributed by atoms with Gasteiger partial charge in [-0.25, -0.2) is 0 Å². The minimum absolute atomic E-state index is 0.0667. The molecule has 0 radical (unpaired) electrons. The first-order valence-electron chi connectivity index (χ1n) is 28.2. The van der Waals surface area contributed by atoms with Crippen molar-refractivity contribution in [2.24, 2.45) is 0 Å². The molecule has 1 atom stereocenters. The minimum Gasteiger partial charge on any atom is -0.462 e. The van der Waals surface area contributed by atoms with E-state index in [0.717, 1.165) is 64.2 Å². The molecule has 6 heteroatoms. The van der Waals surface area contributed by atoms with Gasteiger partial charge in [0.1, 0.15) is 13.2 Å². The second kappa shape index (κ2) is 52.8. The lowest BCUT2D eigenvalue weighted by molar-refractivity contribution is -0.167. The van der Waals surface area contributed by atoms with Gasteiger partial charge in [0, 0.05) is 19.3 Å². The van der Waals surface area contributed by atoms with E-state index in [9.17, 15) is 14.4 Å². The number of unbranched alkanes of at least 4 members (excludes halogenated alkanes) is 39. The maximum atomic E-state index is 12.8. The first-order valence-corrected chi connectivity index (χ1v) is 28.2. The molecule has 0 N–H and O–H groups in total. The maximum absolute atomic E-state index is 12.8. The summed E-state index contributed by atoms with van der Waals surface area (Å²) in [6, 6.07) is 0. The highest BCUT2D eigenvalue weighted by Crippen LogP contribution is 2.17. The molecule has 63 heavy (non-hydrogen) atoms. The van der Waals surface area contributed by atoms with Crippen LogP contribution >= 0.6 is 0 Å². The summed E-state index contributed by atoms with van der Waals surface area (Å²) in [4.78, 5) is 38.0. The van der Waals surface area contributed by atoms with Crippen LogP contribution in [-0.2, 0) is 28.6 Å². The van der Waals surface area contributed by atoms with E-state index in [1.807, 2.05) is 0 Å². The number of carbonyl (C=O) groups excluding carboxylic acids is 3. The summed E-state index contributed by atoms with van der Waals surface area (Å²) in [6.45, 7) is 6.67. The molecule has 0 aliphatic rings. The molecule has 0 spiro atoms. The van der Waals surface area contributed by atoms with Crippen molar-refractivity contribution in [3.8, 4) is 0 Å². The average molecular weight is 889 g/mol. The van der Waals surface area contributed by atoms with Crippen molar-refractivity contribution in [1.29, 1.82) is 0 Å². The molecule has 0 unspecified atom stereocenters. The van der Waals surface area contributed by atoms with Crippen LogP contribution in [0.1, 0.15) is 316 Å². The Labute approximate surface area is 392 Å². The van der Waals surface area contributed by atoms with E-state index in [1.165, 1.54) is 212 Å². The number of ether oxygens (including phenoxy) is 3. The lowest BCUT2D eigenvalue weighted by atomic mass is 10.0. The van der Waals surface area contributed by atoms with E-state index < -0.39 is 6.10 Å². The number of carbonyl (C=O) groups is 3. The van der Waals surface area contributed by atoms with Crippen LogP contribution in [0.4, 0.5) is 0 Å². The van der Waals surface area contributed by atoms with Gasteiger partial charge in [-0.05, 0) is 44.9 Å². The average Bonchev–Trinajstić information content (AvgIpc) is 3.28. The fourth-order valence-corrected chi connectivity index (χ4v) is 8.50. The monoisotopic (exact) mass is 889 g/mol. The molecule has 0 fully saturated rings. The Hall–Kier alpha value is -1.85. The first kappa shape index (κ1) is 61.1. The van der Waals surface area contributed by atoms with Gasteiger partial charge in [0.2, 0.25) is 0 Å². The van der Waals surface area contributed by atoms with Crippen LogP contribution in [0.5, 0.6) is 0 Å². The van der Waals surface area contributed by atoms with Crippen LogP contribution in [0, 0.1) is 0 Å². The first-order chi connectivity index (χ1) is 31.0. The van der Waals surface area contributed by atoms with Gasteiger partial charge in [-0.1, -0.05) is 264 Å². The summed E-state index contributed by atoms with van der Waals surface area (Å²) in [6.07, 6.45) is 59.1. The van der Waals surface area contributed by atoms with Crippen molar-refractivity contribution in [2.45, 2.75) is 322 Å². The van der Waals surface area contributed by atoms with Gasteiger partial charge in [-0.15, -0.1) is 0 Å². The second-order valence-corrected chi connectivity index (χ2v) is 19.2. The van der Waals surface area contributed by atoms with Gasteiger partial charge in [0.05, 0.1) is 0 Å². The largest absolute Gasteiger partial charge is 0.462 e. The summed E-state index contributed by atoms with van der Waals surface area (Å²) in [5, 5.41) is 0. The van der Waals surface area contributed by atoms with Gasteiger partial charge in [-0.2, -0.15) is 0 Å². The van der Waals surface area contributed by atoms with Crippen molar-refractivity contribution in [3.63, 3.8) is 0 Å². The van der Waals surface area contributed by atoms with Crippen LogP contribution in [0.2, 0.25) is 0 Å². The van der Waals surface area contributed by atoms with Gasteiger partial charge in [-0.3, -0.25) is 14.4 Å². The van der Waals surface area contributed by atoms with Gasteiger partial charge in [0.15, 0.2) is 6.10 Å². The Bertz CT molecular complexity index is 978. The summed E-state index contributed by atoms with van der Waals surface area (Å²) < 4.78 is 16.8. The van der Waals surface area contributed by atoms with Crippen molar-refractivity contribution >= 4 is 17.9 Å². The van der Waals surface area contributed by atoms with E-state index in [4.69, 9.17) is 14.2 Å². The van der Waals surface area contributed by atoms with Crippen LogP contribution in [-0.4, -0.2) is 37.2 Å². The predicted molar refractivity (Wildman–Crippen MR) is 270 cm³/mol. The fraction of sp³-hybridized carbons (Fsp3) is 0.912. The molecule has 0 aromatic carbocycles. The zero-order valence-electron chi connectivity index (χ0n) is 42.6. The summed E-state index contributed by atoms with van der Waals surface area (Å²) in [5.41, 5.74) is 0. The van der Waals surface area contributed by atoms with Crippen LogP contribution < -0.4 is 0 Å². The number of esters is 3. The number of hydrogen-bond acceptors (Lipinski definition) is 6. The molecule has 0 aliphatic carbocycles. The van der Waals surface area contributed by atoms with Crippen LogP contribution in [0.3, 0.4) is 0 Å². The molecule has 0 rings (SSSR count). The third-order valence-corrected chi connectivity index (χ3v) is 12.8. The van der Waals surface area contributed by atoms with Crippen LogP contribution in [0.15, 0.2) is 12.2 Å². The third-order valence-electron chi connectivity index (χ3n) is 12.8. The molecule has 0 bridgehead atoms. The zero-order chi connectivity index (χ0) is 45.8. The highest BCUT2D eigenvalue weighted by Gasteiger charge is 2.19. The van der Waals surface area contributed by atoms with E-state index in [1.54, 1.807) is 0 Å². The topological polar surface area (TPSA) is 78.9 Å². The molecule has 0 heterocycles. The maximum Gasteiger partial charge on any atom is 0.306 e. The highest BCUT2D eigenvalue weighted by atomic mass is 16.6. The molecular formula is C57H108O6. The highest BCUT2D eigenvalue weighted by molar-refractivity contribution is 5.71. The smallest absolute Gasteiger partial charge is 0.306 e. The normalized spacial score (nSPS) is 12.0. The second-order valence-electron chi connectivity index (χ2n) is 19.2. The Balaban J connectivity index is 4.27. The Morgan fingerprint density at radius 3 is 0.810 bits per heavy atom. The molecule has 0 amide bonds. The molecule has 0 aromatic rings. The molecule has 372 valence electrons. The fourth-order valence-electron chi connectivity index (χ4n) is 8.50.